The fourth-order valence-electron chi connectivity index (χ4n) is 2.32. The Labute approximate surface area is 107 Å². The second-order valence-electron chi connectivity index (χ2n) is 5.07. The minimum absolute atomic E-state index is 0.0601. The largest absolute Gasteiger partial charge is 0.480 e. The number of amides is 1. The van der Waals surface area contributed by atoms with Crippen LogP contribution in [0.3, 0.4) is 0 Å². The lowest BCUT2D eigenvalue weighted by molar-refractivity contribution is -0.140. The van der Waals surface area contributed by atoms with E-state index in [1.807, 2.05) is 0 Å². The SMILES string of the molecule is CN(C(=O)CNC(C(=O)O)C1CC1)C1=CCCC1. The number of nitrogens with zero attached hydrogens (tertiary/aromatic N) is 1. The maximum absolute atomic E-state index is 11.9. The van der Waals surface area contributed by atoms with Gasteiger partial charge in [0, 0.05) is 12.7 Å². The second-order valence-corrected chi connectivity index (χ2v) is 5.07. The summed E-state index contributed by atoms with van der Waals surface area (Å²) in [5.41, 5.74) is 1.06. The highest BCUT2D eigenvalue weighted by Crippen LogP contribution is 2.32. The Hall–Kier alpha value is -1.36. The van der Waals surface area contributed by atoms with Gasteiger partial charge in [-0.1, -0.05) is 6.08 Å². The van der Waals surface area contributed by atoms with E-state index in [0.717, 1.165) is 37.8 Å². The van der Waals surface area contributed by atoms with Crippen molar-refractivity contribution in [2.75, 3.05) is 13.6 Å². The number of carboxylic acid groups (broad SMARTS) is 1. The quantitative estimate of drug-likeness (QED) is 0.739. The van der Waals surface area contributed by atoms with Gasteiger partial charge < -0.3 is 10.0 Å². The molecule has 0 aromatic carbocycles. The van der Waals surface area contributed by atoms with Gasteiger partial charge in [0.2, 0.25) is 5.91 Å². The standard InChI is InChI=1S/C13H20N2O3/c1-15(10-4-2-3-5-10)11(16)8-14-12(13(17)18)9-6-7-9/h4,9,12,14H,2-3,5-8H2,1H3,(H,17,18). The van der Waals surface area contributed by atoms with E-state index in [1.54, 1.807) is 11.9 Å². The first kappa shape index (κ1) is 13.1. The van der Waals surface area contributed by atoms with E-state index in [2.05, 4.69) is 11.4 Å². The Morgan fingerprint density at radius 1 is 1.56 bits per heavy atom. The van der Waals surface area contributed by atoms with Crippen LogP contribution in [-0.2, 0) is 9.59 Å². The highest BCUT2D eigenvalue weighted by molar-refractivity contribution is 5.81. The topological polar surface area (TPSA) is 69.6 Å². The summed E-state index contributed by atoms with van der Waals surface area (Å²) in [7, 11) is 1.76. The van der Waals surface area contributed by atoms with Gasteiger partial charge in [-0.2, -0.15) is 0 Å². The summed E-state index contributed by atoms with van der Waals surface area (Å²) in [5.74, 6) is -0.714. The highest BCUT2D eigenvalue weighted by Gasteiger charge is 2.36. The number of carboxylic acids is 1. The lowest BCUT2D eigenvalue weighted by atomic mass is 10.2. The van der Waals surface area contributed by atoms with Crippen LogP contribution in [0.1, 0.15) is 32.1 Å². The summed E-state index contributed by atoms with van der Waals surface area (Å²) >= 11 is 0. The third kappa shape index (κ3) is 3.10. The second kappa shape index (κ2) is 5.52. The monoisotopic (exact) mass is 252 g/mol. The highest BCUT2D eigenvalue weighted by atomic mass is 16.4. The van der Waals surface area contributed by atoms with Crippen molar-refractivity contribution in [1.29, 1.82) is 0 Å². The predicted molar refractivity (Wildman–Crippen MR) is 66.9 cm³/mol. The maximum Gasteiger partial charge on any atom is 0.320 e. The normalized spacial score (nSPS) is 20.4. The van der Waals surface area contributed by atoms with Gasteiger partial charge in [0.05, 0.1) is 6.54 Å². The van der Waals surface area contributed by atoms with Crippen LogP contribution in [0.2, 0.25) is 0 Å². The van der Waals surface area contributed by atoms with Crippen LogP contribution in [0.25, 0.3) is 0 Å². The molecule has 0 spiro atoms. The summed E-state index contributed by atoms with van der Waals surface area (Å²) in [5, 5.41) is 11.9. The molecule has 1 saturated carbocycles. The first-order valence-electron chi connectivity index (χ1n) is 6.51. The molecule has 2 N–H and O–H groups in total. The van der Waals surface area contributed by atoms with Crippen LogP contribution in [0.4, 0.5) is 0 Å². The van der Waals surface area contributed by atoms with Gasteiger partial charge in [-0.3, -0.25) is 14.9 Å². The van der Waals surface area contributed by atoms with Crippen molar-refractivity contribution >= 4 is 11.9 Å². The molecule has 0 aromatic rings. The fraction of sp³-hybridized carbons (Fsp3) is 0.692. The molecule has 1 unspecified atom stereocenters. The molecule has 0 bridgehead atoms. The number of aliphatic carboxylic acids is 1. The third-order valence-electron chi connectivity index (χ3n) is 3.65. The van der Waals surface area contributed by atoms with Crippen molar-refractivity contribution in [3.05, 3.63) is 11.8 Å². The minimum atomic E-state index is -0.854. The summed E-state index contributed by atoms with van der Waals surface area (Å²) in [4.78, 5) is 24.6. The third-order valence-corrected chi connectivity index (χ3v) is 3.65. The average molecular weight is 252 g/mol. The molecule has 0 aliphatic heterocycles. The van der Waals surface area contributed by atoms with Crippen molar-refractivity contribution < 1.29 is 14.7 Å². The molecule has 2 rings (SSSR count). The summed E-state index contributed by atoms with van der Waals surface area (Å²) in [6, 6.07) is -0.570. The predicted octanol–water partition coefficient (Wildman–Crippen LogP) is 0.965. The van der Waals surface area contributed by atoms with Crippen LogP contribution >= 0.6 is 0 Å². The van der Waals surface area contributed by atoms with Gasteiger partial charge in [0.15, 0.2) is 0 Å². The molecule has 100 valence electrons. The van der Waals surface area contributed by atoms with E-state index in [1.165, 1.54) is 0 Å². The van der Waals surface area contributed by atoms with Crippen molar-refractivity contribution in [1.82, 2.24) is 10.2 Å². The number of nitrogens with one attached hydrogen (secondary N) is 1. The van der Waals surface area contributed by atoms with Gasteiger partial charge in [-0.05, 0) is 38.0 Å². The van der Waals surface area contributed by atoms with E-state index in [-0.39, 0.29) is 18.4 Å². The van der Waals surface area contributed by atoms with Gasteiger partial charge in [0.25, 0.3) is 0 Å². The van der Waals surface area contributed by atoms with Gasteiger partial charge in [-0.25, -0.2) is 0 Å². The van der Waals surface area contributed by atoms with E-state index in [0.29, 0.717) is 0 Å². The van der Waals surface area contributed by atoms with Crippen LogP contribution < -0.4 is 5.32 Å². The van der Waals surface area contributed by atoms with Gasteiger partial charge in [0.1, 0.15) is 6.04 Å². The van der Waals surface area contributed by atoms with Gasteiger partial charge >= 0.3 is 5.97 Å². The minimum Gasteiger partial charge on any atom is -0.480 e. The summed E-state index contributed by atoms with van der Waals surface area (Å²) < 4.78 is 0. The Bertz CT molecular complexity index is 374. The first-order chi connectivity index (χ1) is 8.59. The zero-order valence-corrected chi connectivity index (χ0v) is 10.7. The van der Waals surface area contributed by atoms with E-state index >= 15 is 0 Å². The molecule has 5 nitrogen and oxygen atoms in total. The Kier molecular flexibility index (Phi) is 4.01. The molecule has 1 atom stereocenters. The molecule has 0 radical (unpaired) electrons. The molecule has 2 aliphatic carbocycles. The Morgan fingerprint density at radius 2 is 2.28 bits per heavy atom. The number of rotatable bonds is 6. The maximum atomic E-state index is 11.9. The fourth-order valence-corrected chi connectivity index (χ4v) is 2.32. The molecule has 0 heterocycles. The number of carbonyl (C=O) groups is 2. The molecule has 1 amide bonds. The van der Waals surface area contributed by atoms with Crippen LogP contribution in [0.15, 0.2) is 11.8 Å². The zero-order valence-electron chi connectivity index (χ0n) is 10.7. The van der Waals surface area contributed by atoms with Crippen molar-refractivity contribution in [3.63, 3.8) is 0 Å². The van der Waals surface area contributed by atoms with Crippen LogP contribution in [0.5, 0.6) is 0 Å². The van der Waals surface area contributed by atoms with E-state index in [9.17, 15) is 9.59 Å². The van der Waals surface area contributed by atoms with E-state index in [4.69, 9.17) is 5.11 Å². The van der Waals surface area contributed by atoms with Crippen LogP contribution in [0, 0.1) is 5.92 Å². The summed E-state index contributed by atoms with van der Waals surface area (Å²) in [6.45, 7) is 0.0985. The molecular formula is C13H20N2O3. The smallest absolute Gasteiger partial charge is 0.320 e. The van der Waals surface area contributed by atoms with Crippen molar-refractivity contribution in [3.8, 4) is 0 Å². The number of carbonyl (C=O) groups excluding carboxylic acids is 1. The molecule has 0 saturated heterocycles. The summed E-state index contributed by atoms with van der Waals surface area (Å²) in [6.07, 6.45) is 7.03. The van der Waals surface area contributed by atoms with Crippen LogP contribution in [-0.4, -0.2) is 41.5 Å². The van der Waals surface area contributed by atoms with Gasteiger partial charge in [-0.15, -0.1) is 0 Å². The lowest BCUT2D eigenvalue weighted by Crippen LogP contribution is -2.44. The number of hydrogen-bond acceptors (Lipinski definition) is 3. The average Bonchev–Trinajstić information content (AvgIpc) is 3.02. The lowest BCUT2D eigenvalue weighted by Gasteiger charge is -2.20. The molecule has 0 aromatic heterocycles. The zero-order chi connectivity index (χ0) is 13.1. The number of likely N-dealkylation sites (N-methyl/N-ethyl adjacent to an activating group) is 1. The Morgan fingerprint density at radius 3 is 2.78 bits per heavy atom. The molecule has 18 heavy (non-hydrogen) atoms. The molecular weight excluding hydrogens is 232 g/mol. The molecule has 5 heteroatoms. The van der Waals surface area contributed by atoms with E-state index < -0.39 is 12.0 Å². The number of hydrogen-bond donors (Lipinski definition) is 2. The first-order valence-corrected chi connectivity index (χ1v) is 6.51. The molecule has 1 fully saturated rings. The molecule has 2 aliphatic rings. The van der Waals surface area contributed by atoms with Crippen molar-refractivity contribution in [2.45, 2.75) is 38.1 Å². The number of allylic oxidation sites excluding steroid dienone is 2. The Balaban J connectivity index is 1.81. The van der Waals surface area contributed by atoms with Crippen molar-refractivity contribution in [2.24, 2.45) is 5.92 Å².